The van der Waals surface area contributed by atoms with Crippen LogP contribution in [-0.2, 0) is 10.3 Å². The third-order valence-electron chi connectivity index (χ3n) is 3.89. The van der Waals surface area contributed by atoms with Crippen molar-refractivity contribution >= 4 is 22.6 Å². The Balaban J connectivity index is 2.14. The maximum atomic E-state index is 10.7. The molecule has 1 heterocycles. The molecule has 1 N–H and O–H groups in total. The fourth-order valence-electron chi connectivity index (χ4n) is 2.96. The van der Waals surface area contributed by atoms with Crippen LogP contribution in [0.4, 0.5) is 0 Å². The van der Waals surface area contributed by atoms with Gasteiger partial charge in [-0.1, -0.05) is 83.3 Å². The number of aliphatic hydroxyl groups is 1. The quantitative estimate of drug-likeness (QED) is 0.653. The second-order valence-electron chi connectivity index (χ2n) is 5.11. The SMILES string of the molecule is O[C@@H]1C[C@@H](CI)OC1(c1ccccc1)c1ccccc1. The van der Waals surface area contributed by atoms with Crippen molar-refractivity contribution in [2.45, 2.75) is 24.2 Å². The molecule has 2 nitrogen and oxygen atoms in total. The van der Waals surface area contributed by atoms with Crippen LogP contribution in [0, 0.1) is 0 Å². The van der Waals surface area contributed by atoms with Gasteiger partial charge in [-0.05, 0) is 11.1 Å². The van der Waals surface area contributed by atoms with Crippen LogP contribution in [0.25, 0.3) is 0 Å². The third kappa shape index (κ3) is 2.28. The maximum Gasteiger partial charge on any atom is 0.144 e. The molecular weight excluding hydrogens is 363 g/mol. The van der Waals surface area contributed by atoms with Gasteiger partial charge in [-0.15, -0.1) is 0 Å². The number of hydrogen-bond acceptors (Lipinski definition) is 2. The fraction of sp³-hybridized carbons (Fsp3) is 0.294. The number of hydrogen-bond donors (Lipinski definition) is 1. The number of ether oxygens (including phenoxy) is 1. The molecule has 0 radical (unpaired) electrons. The molecule has 3 heteroatoms. The zero-order chi connectivity index (χ0) is 14.0. The van der Waals surface area contributed by atoms with E-state index in [2.05, 4.69) is 22.6 Å². The van der Waals surface area contributed by atoms with Crippen molar-refractivity contribution in [3.8, 4) is 0 Å². The lowest BCUT2D eigenvalue weighted by molar-refractivity contribution is -0.0515. The topological polar surface area (TPSA) is 29.5 Å². The summed E-state index contributed by atoms with van der Waals surface area (Å²) in [6.07, 6.45) is 0.241. The van der Waals surface area contributed by atoms with Gasteiger partial charge < -0.3 is 9.84 Å². The van der Waals surface area contributed by atoms with Crippen LogP contribution >= 0.6 is 22.6 Å². The highest BCUT2D eigenvalue weighted by molar-refractivity contribution is 14.1. The Morgan fingerprint density at radius 3 is 1.90 bits per heavy atom. The van der Waals surface area contributed by atoms with Gasteiger partial charge in [0.1, 0.15) is 5.60 Å². The Morgan fingerprint density at radius 2 is 1.50 bits per heavy atom. The van der Waals surface area contributed by atoms with Crippen molar-refractivity contribution in [3.05, 3.63) is 71.8 Å². The molecule has 3 rings (SSSR count). The van der Waals surface area contributed by atoms with Crippen molar-refractivity contribution in [2.24, 2.45) is 0 Å². The van der Waals surface area contributed by atoms with Crippen molar-refractivity contribution in [1.82, 2.24) is 0 Å². The number of rotatable bonds is 3. The molecule has 20 heavy (non-hydrogen) atoms. The van der Waals surface area contributed by atoms with E-state index in [1.165, 1.54) is 0 Å². The summed E-state index contributed by atoms with van der Waals surface area (Å²) in [5.74, 6) is 0. The molecule has 0 amide bonds. The molecule has 1 aliphatic rings. The van der Waals surface area contributed by atoms with Gasteiger partial charge in [-0.2, -0.15) is 0 Å². The van der Waals surface area contributed by atoms with Gasteiger partial charge in [0.2, 0.25) is 0 Å². The summed E-state index contributed by atoms with van der Waals surface area (Å²) < 4.78 is 7.21. The maximum absolute atomic E-state index is 10.7. The monoisotopic (exact) mass is 380 g/mol. The minimum absolute atomic E-state index is 0.0889. The average Bonchev–Trinajstić information content (AvgIpc) is 2.87. The molecule has 0 bridgehead atoms. The highest BCUT2D eigenvalue weighted by atomic mass is 127. The summed E-state index contributed by atoms with van der Waals surface area (Å²) in [4.78, 5) is 0. The lowest BCUT2D eigenvalue weighted by Crippen LogP contribution is -2.37. The predicted molar refractivity (Wildman–Crippen MR) is 88.0 cm³/mol. The van der Waals surface area contributed by atoms with E-state index >= 15 is 0 Å². The van der Waals surface area contributed by atoms with Crippen LogP contribution in [0.2, 0.25) is 0 Å². The van der Waals surface area contributed by atoms with Crippen LogP contribution in [0.3, 0.4) is 0 Å². The molecule has 0 aliphatic carbocycles. The van der Waals surface area contributed by atoms with Crippen LogP contribution in [0.1, 0.15) is 17.5 Å². The zero-order valence-electron chi connectivity index (χ0n) is 11.1. The number of aliphatic hydroxyl groups excluding tert-OH is 1. The summed E-state index contributed by atoms with van der Waals surface area (Å²) >= 11 is 2.32. The summed E-state index contributed by atoms with van der Waals surface area (Å²) in [7, 11) is 0. The van der Waals surface area contributed by atoms with Crippen LogP contribution in [-0.4, -0.2) is 21.7 Å². The highest BCUT2D eigenvalue weighted by Crippen LogP contribution is 2.45. The molecule has 1 aliphatic heterocycles. The van der Waals surface area contributed by atoms with Gasteiger partial charge in [0.25, 0.3) is 0 Å². The Kier molecular flexibility index (Phi) is 4.10. The number of halogens is 1. The number of benzene rings is 2. The first-order chi connectivity index (χ1) is 9.77. The van der Waals surface area contributed by atoms with Gasteiger partial charge in [-0.25, -0.2) is 0 Å². The van der Waals surface area contributed by atoms with Crippen molar-refractivity contribution in [2.75, 3.05) is 4.43 Å². The average molecular weight is 380 g/mol. The molecule has 0 unspecified atom stereocenters. The lowest BCUT2D eigenvalue weighted by atomic mass is 9.82. The van der Waals surface area contributed by atoms with Gasteiger partial charge in [-0.3, -0.25) is 0 Å². The molecule has 2 atom stereocenters. The van der Waals surface area contributed by atoms with Crippen molar-refractivity contribution in [3.63, 3.8) is 0 Å². The van der Waals surface area contributed by atoms with E-state index in [1.54, 1.807) is 0 Å². The summed E-state index contributed by atoms with van der Waals surface area (Å²) in [5, 5.41) is 10.7. The third-order valence-corrected chi connectivity index (χ3v) is 4.87. The van der Waals surface area contributed by atoms with Crippen LogP contribution < -0.4 is 0 Å². The van der Waals surface area contributed by atoms with Gasteiger partial charge in [0.05, 0.1) is 12.2 Å². The van der Waals surface area contributed by atoms with E-state index in [-0.39, 0.29) is 6.10 Å². The molecule has 0 aromatic heterocycles. The Bertz CT molecular complexity index is 516. The van der Waals surface area contributed by atoms with E-state index in [1.807, 2.05) is 60.7 Å². The fourth-order valence-corrected chi connectivity index (χ4v) is 3.50. The minimum Gasteiger partial charge on any atom is -0.389 e. The number of alkyl halides is 1. The van der Waals surface area contributed by atoms with E-state index < -0.39 is 11.7 Å². The van der Waals surface area contributed by atoms with E-state index in [4.69, 9.17) is 4.74 Å². The first-order valence-electron chi connectivity index (χ1n) is 6.80. The molecule has 2 aromatic carbocycles. The lowest BCUT2D eigenvalue weighted by Gasteiger charge is -2.33. The Labute approximate surface area is 132 Å². The molecule has 104 valence electrons. The normalized spacial score (nSPS) is 24.7. The molecule has 1 saturated heterocycles. The standard InChI is InChI=1S/C17H17IO2/c18-12-15-11-16(19)17(20-15,13-7-3-1-4-8-13)14-9-5-2-6-10-14/h1-10,15-16,19H,11-12H2/t15-,16+/m0/s1. The van der Waals surface area contributed by atoms with Crippen molar-refractivity contribution < 1.29 is 9.84 Å². The second-order valence-corrected chi connectivity index (χ2v) is 5.99. The molecule has 0 saturated carbocycles. The van der Waals surface area contributed by atoms with E-state index in [0.29, 0.717) is 6.42 Å². The van der Waals surface area contributed by atoms with Crippen LogP contribution in [0.5, 0.6) is 0 Å². The largest absolute Gasteiger partial charge is 0.389 e. The summed E-state index contributed by atoms with van der Waals surface area (Å²) in [5.41, 5.74) is 1.30. The van der Waals surface area contributed by atoms with Gasteiger partial charge in [0, 0.05) is 10.8 Å². The van der Waals surface area contributed by atoms with E-state index in [9.17, 15) is 5.11 Å². The van der Waals surface area contributed by atoms with Gasteiger partial charge in [0.15, 0.2) is 0 Å². The molecule has 2 aromatic rings. The first kappa shape index (κ1) is 14.0. The highest BCUT2D eigenvalue weighted by Gasteiger charge is 2.50. The van der Waals surface area contributed by atoms with Gasteiger partial charge >= 0.3 is 0 Å². The molecule has 0 spiro atoms. The smallest absolute Gasteiger partial charge is 0.144 e. The van der Waals surface area contributed by atoms with Crippen molar-refractivity contribution in [1.29, 1.82) is 0 Å². The minimum atomic E-state index is -0.738. The van der Waals surface area contributed by atoms with E-state index in [0.717, 1.165) is 15.6 Å². The Morgan fingerprint density at radius 1 is 1.00 bits per heavy atom. The predicted octanol–water partition coefficient (Wildman–Crippen LogP) is 3.52. The molecule has 1 fully saturated rings. The summed E-state index contributed by atoms with van der Waals surface area (Å²) in [6, 6.07) is 20.1. The van der Waals surface area contributed by atoms with Crippen LogP contribution in [0.15, 0.2) is 60.7 Å². The zero-order valence-corrected chi connectivity index (χ0v) is 13.2. The molecular formula is C17H17IO2. The Hall–Kier alpha value is -0.910. The summed E-state index contributed by atoms with van der Waals surface area (Å²) in [6.45, 7) is 0. The first-order valence-corrected chi connectivity index (χ1v) is 8.33. The second kappa shape index (κ2) is 5.84.